The Morgan fingerprint density at radius 3 is 2.49 bits per heavy atom. The van der Waals surface area contributed by atoms with Crippen LogP contribution in [0.1, 0.15) is 44.3 Å². The molecule has 10 nitrogen and oxygen atoms in total. The lowest BCUT2D eigenvalue weighted by Crippen LogP contribution is -2.56. The molecule has 2 fully saturated rings. The largest absolute Gasteiger partial charge is 0.455 e. The lowest BCUT2D eigenvalue weighted by molar-refractivity contribution is -0.161. The summed E-state index contributed by atoms with van der Waals surface area (Å²) < 4.78 is 12.8. The average molecular weight is 664 g/mol. The van der Waals surface area contributed by atoms with Crippen LogP contribution in [0.25, 0.3) is 10.8 Å². The Balaban J connectivity index is 1.32. The number of unbranched alkanes of at least 4 members (excludes halogenated alkanes) is 1. The number of amides is 3. The molecule has 4 aliphatic rings. The van der Waals surface area contributed by atoms with Crippen molar-refractivity contribution in [2.24, 2.45) is 11.8 Å². The molecule has 2 N–H and O–H groups in total. The maximum absolute atomic E-state index is 15.0. The van der Waals surface area contributed by atoms with Gasteiger partial charge in [-0.15, -0.1) is 0 Å². The maximum Gasteiger partial charge on any atom is 0.313 e. The quantitative estimate of drug-likeness (QED) is 0.230. The SMILES string of the molecule is C[C@@H]1NC(=O)CC/C=C\CN(c2ccc3ccccc3c2)C(=O)[C@H]2N(CCCCO)C(=O)[C@@H]3[C@@H](C(=O)O[C@H]1c1ccccc1)[C@H]1C=C[C@]32O1. The van der Waals surface area contributed by atoms with Crippen molar-refractivity contribution in [3.63, 3.8) is 0 Å². The molecule has 0 aliphatic carbocycles. The second-order valence-electron chi connectivity index (χ2n) is 13.3. The number of aliphatic hydroxyl groups excluding tert-OH is 1. The van der Waals surface area contributed by atoms with Crippen LogP contribution in [0.3, 0.4) is 0 Å². The van der Waals surface area contributed by atoms with Gasteiger partial charge in [0.05, 0.1) is 18.1 Å². The first-order valence-electron chi connectivity index (χ1n) is 17.1. The number of esters is 1. The minimum absolute atomic E-state index is 0.0494. The standard InChI is InChI=1S/C39H41N3O7/c1-25-34(27-13-4-2-5-14-27)48-38(47)32-30-19-20-39(49-30)33(32)36(45)42(22-10-11-23-43)35(39)37(46)41(21-9-3-6-16-31(44)40-25)29-18-17-26-12-7-8-15-28(26)24-29/h2-5,7-9,12-15,17-20,24-25,30,32-35,43H,6,10-11,16,21-23H2,1H3,(H,40,44)/b9-3-/t25-,30+,32-,33-,34+,35+,39-/m0/s1. The Bertz CT molecular complexity index is 1810. The van der Waals surface area contributed by atoms with Crippen LogP contribution < -0.4 is 10.2 Å². The third-order valence-electron chi connectivity index (χ3n) is 10.2. The first-order valence-corrected chi connectivity index (χ1v) is 17.1. The van der Waals surface area contributed by atoms with Crippen molar-refractivity contribution >= 4 is 40.2 Å². The molecule has 7 rings (SSSR count). The monoisotopic (exact) mass is 663 g/mol. The van der Waals surface area contributed by atoms with Crippen LogP contribution in [0, 0.1) is 11.8 Å². The predicted molar refractivity (Wildman–Crippen MR) is 183 cm³/mol. The fourth-order valence-electron chi connectivity index (χ4n) is 7.89. The molecule has 254 valence electrons. The van der Waals surface area contributed by atoms with Gasteiger partial charge in [0.25, 0.3) is 5.91 Å². The summed E-state index contributed by atoms with van der Waals surface area (Å²) in [6.07, 6.45) is 7.30. The molecule has 0 radical (unpaired) electrons. The molecule has 10 heteroatoms. The molecule has 1 spiro atoms. The normalized spacial score (nSPS) is 30.8. The molecule has 4 heterocycles. The minimum atomic E-state index is -1.38. The Morgan fingerprint density at radius 1 is 0.918 bits per heavy atom. The Kier molecular flexibility index (Phi) is 9.09. The van der Waals surface area contributed by atoms with E-state index in [1.165, 1.54) is 0 Å². The van der Waals surface area contributed by atoms with Crippen molar-refractivity contribution in [3.05, 3.63) is 103 Å². The molecular formula is C39H41N3O7. The van der Waals surface area contributed by atoms with Crippen LogP contribution in [0.4, 0.5) is 5.69 Å². The molecule has 0 aromatic heterocycles. The van der Waals surface area contributed by atoms with Gasteiger partial charge in [0.2, 0.25) is 11.8 Å². The second kappa shape index (κ2) is 13.6. The number of hydrogen-bond acceptors (Lipinski definition) is 7. The van der Waals surface area contributed by atoms with Gasteiger partial charge in [-0.1, -0.05) is 85.0 Å². The molecule has 7 atom stereocenters. The fourth-order valence-corrected chi connectivity index (χ4v) is 7.89. The van der Waals surface area contributed by atoms with Gasteiger partial charge in [-0.2, -0.15) is 0 Å². The molecular weight excluding hydrogens is 622 g/mol. The summed E-state index contributed by atoms with van der Waals surface area (Å²) in [4.78, 5) is 60.0. The Labute approximate surface area is 285 Å². The van der Waals surface area contributed by atoms with E-state index >= 15 is 4.79 Å². The summed E-state index contributed by atoms with van der Waals surface area (Å²) in [5.74, 6) is -3.47. The number of aliphatic hydroxyl groups is 1. The molecule has 4 aliphatic heterocycles. The van der Waals surface area contributed by atoms with Crippen molar-refractivity contribution in [1.29, 1.82) is 0 Å². The number of likely N-dealkylation sites (tertiary alicyclic amines) is 1. The lowest BCUT2D eigenvalue weighted by atomic mass is 9.74. The van der Waals surface area contributed by atoms with Gasteiger partial charge >= 0.3 is 5.97 Å². The van der Waals surface area contributed by atoms with E-state index in [9.17, 15) is 19.5 Å². The van der Waals surface area contributed by atoms with E-state index in [1.54, 1.807) is 28.9 Å². The van der Waals surface area contributed by atoms with E-state index in [1.807, 2.05) is 84.9 Å². The molecule has 49 heavy (non-hydrogen) atoms. The van der Waals surface area contributed by atoms with Gasteiger partial charge in [0.1, 0.15) is 23.7 Å². The zero-order chi connectivity index (χ0) is 34.1. The number of allylic oxidation sites excluding steroid dienone is 1. The Morgan fingerprint density at radius 2 is 1.69 bits per heavy atom. The van der Waals surface area contributed by atoms with Gasteiger partial charge < -0.3 is 29.7 Å². The van der Waals surface area contributed by atoms with Crippen molar-refractivity contribution in [1.82, 2.24) is 10.2 Å². The third-order valence-corrected chi connectivity index (χ3v) is 10.2. The number of anilines is 1. The summed E-state index contributed by atoms with van der Waals surface area (Å²) in [6.45, 7) is 2.16. The van der Waals surface area contributed by atoms with E-state index < -0.39 is 47.7 Å². The first kappa shape index (κ1) is 32.7. The highest BCUT2D eigenvalue weighted by atomic mass is 16.6. The summed E-state index contributed by atoms with van der Waals surface area (Å²) >= 11 is 0. The number of nitrogens with one attached hydrogen (secondary N) is 1. The van der Waals surface area contributed by atoms with Crippen LogP contribution in [0.5, 0.6) is 0 Å². The zero-order valence-electron chi connectivity index (χ0n) is 27.4. The van der Waals surface area contributed by atoms with Crippen molar-refractivity contribution in [3.8, 4) is 0 Å². The first-order chi connectivity index (χ1) is 23.8. The number of benzene rings is 3. The van der Waals surface area contributed by atoms with E-state index in [0.29, 0.717) is 30.5 Å². The summed E-state index contributed by atoms with van der Waals surface area (Å²) in [5.41, 5.74) is -0.0202. The van der Waals surface area contributed by atoms with Crippen molar-refractivity contribution in [2.75, 3.05) is 24.6 Å². The molecule has 0 saturated carbocycles. The van der Waals surface area contributed by atoms with Crippen LogP contribution in [-0.2, 0) is 28.7 Å². The van der Waals surface area contributed by atoms with E-state index in [0.717, 1.165) is 10.8 Å². The number of fused-ring (bicyclic) bond motifs is 3. The highest BCUT2D eigenvalue weighted by Crippen LogP contribution is 2.56. The number of carbonyl (C=O) groups excluding carboxylic acids is 4. The second-order valence-corrected chi connectivity index (χ2v) is 13.3. The topological polar surface area (TPSA) is 125 Å². The smallest absolute Gasteiger partial charge is 0.313 e. The highest BCUT2D eigenvalue weighted by molar-refractivity contribution is 6.06. The summed E-state index contributed by atoms with van der Waals surface area (Å²) in [7, 11) is 0. The van der Waals surface area contributed by atoms with Crippen molar-refractivity contribution in [2.45, 2.75) is 62.5 Å². The molecule has 3 amide bonds. The van der Waals surface area contributed by atoms with Gasteiger partial charge in [-0.3, -0.25) is 19.2 Å². The molecule has 0 unspecified atom stereocenters. The number of rotatable bonds is 6. The molecule has 3 aromatic carbocycles. The Hall–Kier alpha value is -4.80. The predicted octanol–water partition coefficient (Wildman–Crippen LogP) is 4.24. The van der Waals surface area contributed by atoms with Gasteiger partial charge in [0.15, 0.2) is 0 Å². The number of ether oxygens (including phenoxy) is 2. The van der Waals surface area contributed by atoms with Crippen LogP contribution in [0.2, 0.25) is 0 Å². The van der Waals surface area contributed by atoms with Crippen LogP contribution in [0.15, 0.2) is 97.1 Å². The van der Waals surface area contributed by atoms with E-state index in [2.05, 4.69) is 5.32 Å². The third kappa shape index (κ3) is 5.93. The lowest BCUT2D eigenvalue weighted by Gasteiger charge is -2.36. The number of hydrogen-bond donors (Lipinski definition) is 2. The van der Waals surface area contributed by atoms with Crippen molar-refractivity contribution < 1.29 is 33.8 Å². The summed E-state index contributed by atoms with van der Waals surface area (Å²) in [5, 5.41) is 14.5. The number of carbonyl (C=O) groups is 4. The number of nitrogens with zero attached hydrogens (tertiary/aromatic N) is 2. The average Bonchev–Trinajstić information content (AvgIpc) is 3.75. The van der Waals surface area contributed by atoms with Gasteiger partial charge in [0, 0.05) is 31.8 Å². The molecule has 2 saturated heterocycles. The van der Waals surface area contributed by atoms with Gasteiger partial charge in [-0.05, 0) is 54.7 Å². The number of cyclic esters (lactones) is 1. The summed E-state index contributed by atoms with van der Waals surface area (Å²) in [6, 6.07) is 21.3. The van der Waals surface area contributed by atoms with Crippen LogP contribution in [-0.4, -0.2) is 77.2 Å². The minimum Gasteiger partial charge on any atom is -0.455 e. The fraction of sp³-hybridized carbons (Fsp3) is 0.385. The maximum atomic E-state index is 15.0. The molecule has 5 bridgehead atoms. The van der Waals surface area contributed by atoms with E-state index in [4.69, 9.17) is 9.47 Å². The zero-order valence-corrected chi connectivity index (χ0v) is 27.4. The van der Waals surface area contributed by atoms with E-state index in [-0.39, 0.29) is 43.8 Å². The molecule has 3 aromatic rings. The highest BCUT2D eigenvalue weighted by Gasteiger charge is 2.73. The van der Waals surface area contributed by atoms with Gasteiger partial charge in [-0.25, -0.2) is 0 Å². The van der Waals surface area contributed by atoms with Crippen LogP contribution >= 0.6 is 0 Å².